The molecule has 0 radical (unpaired) electrons. The SMILES string of the molecule is c1ccc(-c2ccc(-n3c4ccccc4c4c5ccc(-c6ccc7c(ccc8c7c7ccccc7n8-c7ccc8ccccc8c7)c6)cc5ccc43)cc2)cc1.c1ccc(-c2ccc(-n3c4ccccc4c4c5ccc(-c6ccc7c(ccc8c7c7ccccc7n8-c7ccccc7)c6)cc5ccc43)cc2)cc1. The summed E-state index contributed by atoms with van der Waals surface area (Å²) in [5.41, 5.74) is 24.3. The van der Waals surface area contributed by atoms with E-state index in [0.717, 1.165) is 5.69 Å². The van der Waals surface area contributed by atoms with Gasteiger partial charge in [-0.15, -0.1) is 0 Å². The summed E-state index contributed by atoms with van der Waals surface area (Å²) in [4.78, 5) is 0. The summed E-state index contributed by atoms with van der Waals surface area (Å²) in [5, 5.41) is 22.8. The summed E-state index contributed by atoms with van der Waals surface area (Å²) in [7, 11) is 0. The lowest BCUT2D eigenvalue weighted by Gasteiger charge is -2.11. The van der Waals surface area contributed by atoms with E-state index in [1.54, 1.807) is 0 Å². The Labute approximate surface area is 622 Å². The Morgan fingerprint density at radius 3 is 0.722 bits per heavy atom. The van der Waals surface area contributed by atoms with E-state index in [1.807, 2.05) is 0 Å². The largest absolute Gasteiger partial charge is 0.309 e. The standard InChI is InChI=1S/C54H34N2.C50H32N2/c1-2-10-35(11-3-1)37-18-25-43(26-19-37)55-49-16-8-6-14-47(49)53-45-28-21-39(32-41(45)23-30-51(53)55)40-22-29-46-42(33-40)24-31-52-54(46)48-15-7-9-17-50(48)56(52)44-27-20-36-12-4-5-13-38(36)34-44;1-3-11-33(12-4-1)34-19-25-40(26-20-34)52-46-18-10-8-16-44(46)50-42-28-22-36(32-38(42)24-30-48(50)52)35-21-27-41-37(31-35)23-29-47-49(41)43-15-7-9-17-45(43)51(47)39-13-5-2-6-14-39/h1-34H;1-32H. The Balaban J connectivity index is 0.000000134. The third kappa shape index (κ3) is 9.78. The molecule has 0 aliphatic rings. The van der Waals surface area contributed by atoms with Crippen molar-refractivity contribution in [3.63, 3.8) is 0 Å². The maximum Gasteiger partial charge on any atom is 0.0547 e. The van der Waals surface area contributed by atoms with Gasteiger partial charge < -0.3 is 18.3 Å². The van der Waals surface area contributed by atoms with Crippen LogP contribution in [0, 0.1) is 0 Å². The number of aromatic nitrogens is 4. The fourth-order valence-electron chi connectivity index (χ4n) is 17.8. The van der Waals surface area contributed by atoms with Crippen LogP contribution in [-0.2, 0) is 0 Å². The molecule has 19 aromatic carbocycles. The van der Waals surface area contributed by atoms with Crippen LogP contribution < -0.4 is 0 Å². The minimum Gasteiger partial charge on any atom is -0.309 e. The number of hydrogen-bond acceptors (Lipinski definition) is 0. The van der Waals surface area contributed by atoms with E-state index < -0.39 is 0 Å². The minimum atomic E-state index is 1.16. The number of benzene rings is 19. The van der Waals surface area contributed by atoms with E-state index in [0.29, 0.717) is 0 Å². The van der Waals surface area contributed by atoms with Gasteiger partial charge in [0.15, 0.2) is 0 Å². The molecule has 0 fully saturated rings. The monoisotopic (exact) mass is 1370 g/mol. The summed E-state index contributed by atoms with van der Waals surface area (Å²) in [6, 6.07) is 147. The summed E-state index contributed by atoms with van der Waals surface area (Å²) in [6.07, 6.45) is 0. The predicted octanol–water partition coefficient (Wildman–Crippen LogP) is 28.2. The molecule has 0 atom stereocenters. The number of hydrogen-bond donors (Lipinski definition) is 0. The van der Waals surface area contributed by atoms with Crippen molar-refractivity contribution >= 4 is 141 Å². The van der Waals surface area contributed by atoms with Gasteiger partial charge in [-0.3, -0.25) is 0 Å². The molecule has 23 aromatic rings. The van der Waals surface area contributed by atoms with Gasteiger partial charge in [-0.05, 0) is 220 Å². The van der Waals surface area contributed by atoms with Crippen LogP contribution in [0.3, 0.4) is 0 Å². The first kappa shape index (κ1) is 61.2. The molecule has 0 saturated carbocycles. The Kier molecular flexibility index (Phi) is 14.0. The summed E-state index contributed by atoms with van der Waals surface area (Å²) in [5.74, 6) is 0. The Morgan fingerprint density at radius 1 is 0.120 bits per heavy atom. The molecule has 502 valence electrons. The van der Waals surface area contributed by atoms with E-state index in [-0.39, 0.29) is 0 Å². The van der Waals surface area contributed by atoms with Crippen molar-refractivity contribution < 1.29 is 0 Å². The molecular weight excluding hydrogens is 1310 g/mol. The molecule has 23 rings (SSSR count). The van der Waals surface area contributed by atoms with Crippen LogP contribution in [0.15, 0.2) is 400 Å². The van der Waals surface area contributed by atoms with Gasteiger partial charge in [-0.25, -0.2) is 0 Å². The van der Waals surface area contributed by atoms with Crippen LogP contribution in [0.5, 0.6) is 0 Å². The highest BCUT2D eigenvalue weighted by molar-refractivity contribution is 6.26. The highest BCUT2D eigenvalue weighted by Crippen LogP contribution is 2.45. The Hall–Kier alpha value is -14.3. The molecule has 0 aliphatic heterocycles. The van der Waals surface area contributed by atoms with Crippen molar-refractivity contribution in [2.24, 2.45) is 0 Å². The molecule has 0 saturated heterocycles. The van der Waals surface area contributed by atoms with E-state index in [1.165, 1.54) is 203 Å². The van der Waals surface area contributed by atoms with E-state index in [9.17, 15) is 0 Å². The summed E-state index contributed by atoms with van der Waals surface area (Å²) < 4.78 is 9.63. The average Bonchev–Trinajstić information content (AvgIpc) is 1.56. The van der Waals surface area contributed by atoms with E-state index in [4.69, 9.17) is 0 Å². The maximum atomic E-state index is 2.42. The molecule has 0 aliphatic carbocycles. The topological polar surface area (TPSA) is 19.7 Å². The van der Waals surface area contributed by atoms with Gasteiger partial charge in [0.2, 0.25) is 0 Å². The first-order valence-electron chi connectivity index (χ1n) is 37.3. The number of fused-ring (bicyclic) bond motifs is 21. The van der Waals surface area contributed by atoms with E-state index >= 15 is 0 Å². The molecule has 0 unspecified atom stereocenters. The number of nitrogens with zero attached hydrogens (tertiary/aromatic N) is 4. The van der Waals surface area contributed by atoms with Crippen LogP contribution in [0.2, 0.25) is 0 Å². The van der Waals surface area contributed by atoms with Gasteiger partial charge in [0.25, 0.3) is 0 Å². The smallest absolute Gasteiger partial charge is 0.0547 e. The average molecular weight is 1370 g/mol. The zero-order valence-electron chi connectivity index (χ0n) is 58.9. The summed E-state index contributed by atoms with van der Waals surface area (Å²) in [6.45, 7) is 0. The second kappa shape index (κ2) is 24.7. The minimum absolute atomic E-state index is 1.16. The highest BCUT2D eigenvalue weighted by Gasteiger charge is 2.22. The fraction of sp³-hybridized carbons (Fsp3) is 0. The lowest BCUT2D eigenvalue weighted by molar-refractivity contribution is 1.18. The fourth-order valence-corrected chi connectivity index (χ4v) is 17.8. The molecule has 0 amide bonds. The van der Waals surface area contributed by atoms with Gasteiger partial charge >= 0.3 is 0 Å². The van der Waals surface area contributed by atoms with Crippen molar-refractivity contribution in [1.82, 2.24) is 18.3 Å². The normalized spacial score (nSPS) is 11.9. The van der Waals surface area contributed by atoms with Crippen molar-refractivity contribution in [2.45, 2.75) is 0 Å². The Morgan fingerprint density at radius 2 is 0.370 bits per heavy atom. The highest BCUT2D eigenvalue weighted by atomic mass is 15.0. The van der Waals surface area contributed by atoms with E-state index in [2.05, 4.69) is 419 Å². The van der Waals surface area contributed by atoms with Crippen LogP contribution in [0.4, 0.5) is 0 Å². The molecular formula is C104H66N4. The van der Waals surface area contributed by atoms with Crippen molar-refractivity contribution in [2.75, 3.05) is 0 Å². The first-order chi connectivity index (χ1) is 53.6. The molecule has 0 bridgehead atoms. The van der Waals surface area contributed by atoms with Crippen molar-refractivity contribution in [3.05, 3.63) is 400 Å². The van der Waals surface area contributed by atoms with Gasteiger partial charge in [0, 0.05) is 65.8 Å². The first-order valence-corrected chi connectivity index (χ1v) is 37.3. The maximum absolute atomic E-state index is 2.42. The van der Waals surface area contributed by atoms with Crippen LogP contribution in [-0.4, -0.2) is 18.3 Å². The third-order valence-corrected chi connectivity index (χ3v) is 22.7. The Bertz CT molecular complexity index is 7560. The second-order valence-electron chi connectivity index (χ2n) is 28.7. The van der Waals surface area contributed by atoms with Gasteiger partial charge in [-0.2, -0.15) is 0 Å². The van der Waals surface area contributed by atoms with Crippen LogP contribution in [0.1, 0.15) is 0 Å². The zero-order chi connectivity index (χ0) is 70.9. The van der Waals surface area contributed by atoms with Gasteiger partial charge in [0.1, 0.15) is 0 Å². The lowest BCUT2D eigenvalue weighted by atomic mass is 9.95. The second-order valence-corrected chi connectivity index (χ2v) is 28.7. The van der Waals surface area contributed by atoms with Gasteiger partial charge in [0.05, 0.1) is 44.1 Å². The molecule has 4 heteroatoms. The van der Waals surface area contributed by atoms with Crippen molar-refractivity contribution in [3.8, 4) is 67.3 Å². The number of rotatable bonds is 8. The zero-order valence-corrected chi connectivity index (χ0v) is 58.9. The van der Waals surface area contributed by atoms with Gasteiger partial charge in [-0.1, -0.05) is 279 Å². The molecule has 0 N–H and O–H groups in total. The predicted molar refractivity (Wildman–Crippen MR) is 460 cm³/mol. The van der Waals surface area contributed by atoms with Crippen LogP contribution in [0.25, 0.3) is 208 Å². The lowest BCUT2D eigenvalue weighted by Crippen LogP contribution is -1.93. The van der Waals surface area contributed by atoms with Crippen LogP contribution >= 0.6 is 0 Å². The molecule has 4 nitrogen and oxygen atoms in total. The molecule has 4 aromatic heterocycles. The number of para-hydroxylation sites is 5. The third-order valence-electron chi connectivity index (χ3n) is 22.7. The summed E-state index contributed by atoms with van der Waals surface area (Å²) >= 11 is 0. The quantitative estimate of drug-likeness (QED) is 0.144. The molecule has 4 heterocycles. The molecule has 0 spiro atoms. The molecule has 108 heavy (non-hydrogen) atoms. The van der Waals surface area contributed by atoms with Crippen molar-refractivity contribution in [1.29, 1.82) is 0 Å².